The highest BCUT2D eigenvalue weighted by Gasteiger charge is 2.26. The van der Waals surface area contributed by atoms with Crippen LogP contribution in [-0.4, -0.2) is 9.97 Å². The Morgan fingerprint density at radius 3 is 3.00 bits per heavy atom. The standard InChI is InChI=1S/C12H11N2/c1-2-4-9(5-3-1)11-8-13-12(14-11)10-6-7-10/h1-4,8,10H,6-7H2,(H,13,14). The molecule has 3 rings (SSSR count). The highest BCUT2D eigenvalue weighted by atomic mass is 14.9. The minimum Gasteiger partial charge on any atom is -0.342 e. The molecule has 0 spiro atoms. The van der Waals surface area contributed by atoms with Crippen molar-refractivity contribution in [3.05, 3.63) is 42.4 Å². The Hall–Kier alpha value is -1.57. The minimum absolute atomic E-state index is 0.687. The van der Waals surface area contributed by atoms with Gasteiger partial charge in [-0.25, -0.2) is 4.98 Å². The Morgan fingerprint density at radius 2 is 2.29 bits per heavy atom. The number of H-pyrrole nitrogens is 1. The molecular formula is C12H11N2. The summed E-state index contributed by atoms with van der Waals surface area (Å²) >= 11 is 0. The number of hydrogen-bond donors (Lipinski definition) is 1. The highest BCUT2D eigenvalue weighted by molar-refractivity contribution is 5.57. The molecule has 0 aliphatic heterocycles. The van der Waals surface area contributed by atoms with Crippen LogP contribution < -0.4 is 0 Å². The second kappa shape index (κ2) is 2.98. The summed E-state index contributed by atoms with van der Waals surface area (Å²) in [7, 11) is 0. The molecule has 0 unspecified atom stereocenters. The predicted octanol–water partition coefficient (Wildman–Crippen LogP) is 2.75. The Morgan fingerprint density at radius 1 is 1.36 bits per heavy atom. The summed E-state index contributed by atoms with van der Waals surface area (Å²) in [5.74, 6) is 1.82. The van der Waals surface area contributed by atoms with Crippen LogP contribution in [0.3, 0.4) is 0 Å². The average molecular weight is 183 g/mol. The van der Waals surface area contributed by atoms with E-state index in [1.54, 1.807) is 0 Å². The molecule has 1 aromatic heterocycles. The molecule has 2 aromatic rings. The van der Waals surface area contributed by atoms with Crippen molar-refractivity contribution in [1.82, 2.24) is 9.97 Å². The van der Waals surface area contributed by atoms with Gasteiger partial charge in [0, 0.05) is 11.5 Å². The zero-order valence-electron chi connectivity index (χ0n) is 7.83. The molecule has 69 valence electrons. The van der Waals surface area contributed by atoms with E-state index in [0.717, 1.165) is 17.1 Å². The maximum atomic E-state index is 4.38. The fraction of sp³-hybridized carbons (Fsp3) is 0.250. The van der Waals surface area contributed by atoms with E-state index >= 15 is 0 Å². The number of aromatic amines is 1. The summed E-state index contributed by atoms with van der Waals surface area (Å²) in [5, 5.41) is 0. The molecule has 1 N–H and O–H groups in total. The monoisotopic (exact) mass is 183 g/mol. The molecule has 0 amide bonds. The first-order valence-electron chi connectivity index (χ1n) is 4.95. The molecule has 1 radical (unpaired) electrons. The highest BCUT2D eigenvalue weighted by Crippen LogP contribution is 2.38. The molecule has 0 saturated heterocycles. The van der Waals surface area contributed by atoms with E-state index in [1.165, 1.54) is 12.8 Å². The molecule has 1 aliphatic rings. The van der Waals surface area contributed by atoms with Crippen molar-refractivity contribution >= 4 is 0 Å². The first kappa shape index (κ1) is 7.80. The van der Waals surface area contributed by atoms with E-state index in [2.05, 4.69) is 16.0 Å². The van der Waals surface area contributed by atoms with Gasteiger partial charge in [-0.05, 0) is 18.9 Å². The van der Waals surface area contributed by atoms with Gasteiger partial charge >= 0.3 is 0 Å². The van der Waals surface area contributed by atoms with Crippen LogP contribution in [0.1, 0.15) is 24.6 Å². The van der Waals surface area contributed by atoms with Gasteiger partial charge in [0.2, 0.25) is 0 Å². The summed E-state index contributed by atoms with van der Waals surface area (Å²) in [6.45, 7) is 0. The largest absolute Gasteiger partial charge is 0.342 e. The molecule has 14 heavy (non-hydrogen) atoms. The fourth-order valence-electron chi connectivity index (χ4n) is 1.60. The number of nitrogens with zero attached hydrogens (tertiary/aromatic N) is 1. The third-order valence-corrected chi connectivity index (χ3v) is 2.56. The second-order valence-corrected chi connectivity index (χ2v) is 3.73. The maximum Gasteiger partial charge on any atom is 0.109 e. The minimum atomic E-state index is 0.687. The number of benzene rings is 1. The van der Waals surface area contributed by atoms with Crippen LogP contribution in [0, 0.1) is 6.07 Å². The van der Waals surface area contributed by atoms with E-state index in [1.807, 2.05) is 30.5 Å². The van der Waals surface area contributed by atoms with Crippen molar-refractivity contribution in [2.75, 3.05) is 0 Å². The van der Waals surface area contributed by atoms with Crippen molar-refractivity contribution in [2.24, 2.45) is 0 Å². The van der Waals surface area contributed by atoms with Gasteiger partial charge in [-0.1, -0.05) is 24.3 Å². The molecule has 0 bridgehead atoms. The quantitative estimate of drug-likeness (QED) is 0.762. The molecule has 1 aliphatic carbocycles. The molecule has 1 fully saturated rings. The summed E-state index contributed by atoms with van der Waals surface area (Å²) in [4.78, 5) is 7.73. The molecule has 1 heterocycles. The third-order valence-electron chi connectivity index (χ3n) is 2.56. The van der Waals surface area contributed by atoms with Crippen LogP contribution in [0.25, 0.3) is 11.3 Å². The van der Waals surface area contributed by atoms with Gasteiger partial charge in [0.1, 0.15) is 5.82 Å². The van der Waals surface area contributed by atoms with Crippen molar-refractivity contribution in [3.63, 3.8) is 0 Å². The van der Waals surface area contributed by atoms with Crippen LogP contribution in [0.5, 0.6) is 0 Å². The lowest BCUT2D eigenvalue weighted by Crippen LogP contribution is -1.81. The van der Waals surface area contributed by atoms with Crippen molar-refractivity contribution in [2.45, 2.75) is 18.8 Å². The summed E-state index contributed by atoms with van der Waals surface area (Å²) in [5.41, 5.74) is 2.17. The molecular weight excluding hydrogens is 172 g/mol. The lowest BCUT2D eigenvalue weighted by molar-refractivity contribution is 0.977. The average Bonchev–Trinajstić information content (AvgIpc) is 2.98. The van der Waals surface area contributed by atoms with Gasteiger partial charge < -0.3 is 4.98 Å². The fourth-order valence-corrected chi connectivity index (χ4v) is 1.60. The van der Waals surface area contributed by atoms with Crippen LogP contribution in [0.4, 0.5) is 0 Å². The smallest absolute Gasteiger partial charge is 0.109 e. The van der Waals surface area contributed by atoms with Gasteiger partial charge in [-0.3, -0.25) is 0 Å². The number of imidazole rings is 1. The van der Waals surface area contributed by atoms with E-state index < -0.39 is 0 Å². The summed E-state index contributed by atoms with van der Waals surface area (Å²) in [6.07, 6.45) is 4.47. The Kier molecular flexibility index (Phi) is 1.66. The topological polar surface area (TPSA) is 28.7 Å². The lowest BCUT2D eigenvalue weighted by atomic mass is 10.2. The van der Waals surface area contributed by atoms with E-state index in [0.29, 0.717) is 5.92 Å². The van der Waals surface area contributed by atoms with Crippen LogP contribution in [0.15, 0.2) is 30.5 Å². The van der Waals surface area contributed by atoms with Gasteiger partial charge in [0.25, 0.3) is 0 Å². The Balaban J connectivity index is 1.96. The number of hydrogen-bond acceptors (Lipinski definition) is 1. The third kappa shape index (κ3) is 1.33. The van der Waals surface area contributed by atoms with Crippen molar-refractivity contribution < 1.29 is 0 Å². The number of rotatable bonds is 2. The molecule has 1 aromatic carbocycles. The molecule has 1 saturated carbocycles. The van der Waals surface area contributed by atoms with Crippen molar-refractivity contribution in [3.8, 4) is 11.3 Å². The van der Waals surface area contributed by atoms with Crippen LogP contribution in [0.2, 0.25) is 0 Å². The maximum absolute atomic E-state index is 4.38. The Bertz CT molecular complexity index is 427. The summed E-state index contributed by atoms with van der Waals surface area (Å²) in [6, 6.07) is 11.1. The van der Waals surface area contributed by atoms with Gasteiger partial charge in [0.05, 0.1) is 11.9 Å². The Labute approximate surface area is 83.0 Å². The zero-order chi connectivity index (χ0) is 9.38. The number of nitrogens with one attached hydrogen (secondary N) is 1. The SMILES string of the molecule is [c]1ccccc1-c1cnc(C2CC2)[nH]1. The predicted molar refractivity (Wildman–Crippen MR) is 54.8 cm³/mol. The van der Waals surface area contributed by atoms with Crippen LogP contribution >= 0.6 is 0 Å². The second-order valence-electron chi connectivity index (χ2n) is 3.73. The van der Waals surface area contributed by atoms with Crippen molar-refractivity contribution in [1.29, 1.82) is 0 Å². The normalized spacial score (nSPS) is 15.7. The number of aromatic nitrogens is 2. The summed E-state index contributed by atoms with van der Waals surface area (Å²) < 4.78 is 0. The molecule has 0 atom stereocenters. The van der Waals surface area contributed by atoms with E-state index in [9.17, 15) is 0 Å². The lowest BCUT2D eigenvalue weighted by Gasteiger charge is -1.94. The van der Waals surface area contributed by atoms with E-state index in [4.69, 9.17) is 0 Å². The molecule has 2 heteroatoms. The van der Waals surface area contributed by atoms with Gasteiger partial charge in [0.15, 0.2) is 0 Å². The van der Waals surface area contributed by atoms with Gasteiger partial charge in [-0.15, -0.1) is 0 Å². The first-order valence-corrected chi connectivity index (χ1v) is 4.95. The van der Waals surface area contributed by atoms with Gasteiger partial charge in [-0.2, -0.15) is 0 Å². The van der Waals surface area contributed by atoms with E-state index in [-0.39, 0.29) is 0 Å². The zero-order valence-corrected chi connectivity index (χ0v) is 7.83. The first-order chi connectivity index (χ1) is 6.93. The van der Waals surface area contributed by atoms with Crippen LogP contribution in [-0.2, 0) is 0 Å². The molecule has 2 nitrogen and oxygen atoms in total.